The van der Waals surface area contributed by atoms with E-state index in [4.69, 9.17) is 0 Å². The van der Waals surface area contributed by atoms with Gasteiger partial charge in [-0.25, -0.2) is 0 Å². The second kappa shape index (κ2) is 12.2. The fraction of sp³-hybridized carbons (Fsp3) is 0.590. The third-order valence-corrected chi connectivity index (χ3v) is 10.5. The molecule has 2 aromatic carbocycles. The molecule has 0 N–H and O–H groups in total. The molecule has 5 rings (SSSR count). The molecule has 2 saturated carbocycles. The highest BCUT2D eigenvalue weighted by Gasteiger charge is 2.50. The van der Waals surface area contributed by atoms with Crippen LogP contribution in [0.5, 0.6) is 0 Å². The molecule has 210 valence electrons. The van der Waals surface area contributed by atoms with E-state index in [2.05, 4.69) is 102 Å². The standard InChI is InChI=1S/C39H54/c1-27(2)32-25-35(28(3)4)38(36(26-32)29(5)6)39(33-21-14-9-15-22-33)24-16-23-34(30-17-10-7-11-18-30)37(39)31-19-12-8-13-20-31/h9,14-16,21-31,37H,7-8,10-13,17-20H2,1-6H3. The van der Waals surface area contributed by atoms with Crippen molar-refractivity contribution < 1.29 is 0 Å². The van der Waals surface area contributed by atoms with Gasteiger partial charge in [0, 0.05) is 11.3 Å². The van der Waals surface area contributed by atoms with Gasteiger partial charge in [0.25, 0.3) is 0 Å². The molecule has 2 atom stereocenters. The van der Waals surface area contributed by atoms with E-state index in [0.717, 1.165) is 11.8 Å². The first kappa shape index (κ1) is 28.4. The fourth-order valence-corrected chi connectivity index (χ4v) is 8.52. The van der Waals surface area contributed by atoms with Crippen LogP contribution in [0.1, 0.15) is 151 Å². The Morgan fingerprint density at radius 3 is 1.77 bits per heavy atom. The maximum atomic E-state index is 2.68. The minimum atomic E-state index is -0.112. The molecule has 39 heavy (non-hydrogen) atoms. The summed E-state index contributed by atoms with van der Waals surface area (Å²) in [5, 5.41) is 0. The van der Waals surface area contributed by atoms with Gasteiger partial charge in [0.1, 0.15) is 0 Å². The van der Waals surface area contributed by atoms with E-state index in [1.165, 1.54) is 75.3 Å². The van der Waals surface area contributed by atoms with Crippen LogP contribution in [-0.2, 0) is 5.41 Å². The Kier molecular flexibility index (Phi) is 8.90. The molecule has 0 radical (unpaired) electrons. The quantitative estimate of drug-likeness (QED) is 0.339. The van der Waals surface area contributed by atoms with E-state index >= 15 is 0 Å². The van der Waals surface area contributed by atoms with Gasteiger partial charge in [0.05, 0.1) is 0 Å². The van der Waals surface area contributed by atoms with Crippen molar-refractivity contribution in [3.63, 3.8) is 0 Å². The predicted molar refractivity (Wildman–Crippen MR) is 170 cm³/mol. The van der Waals surface area contributed by atoms with E-state index in [9.17, 15) is 0 Å². The lowest BCUT2D eigenvalue weighted by Crippen LogP contribution is -2.45. The van der Waals surface area contributed by atoms with Crippen molar-refractivity contribution in [3.8, 4) is 0 Å². The maximum absolute atomic E-state index is 2.68. The largest absolute Gasteiger partial charge is 0.0690 e. The Hall–Kier alpha value is -2.08. The monoisotopic (exact) mass is 522 g/mol. The van der Waals surface area contributed by atoms with Gasteiger partial charge in [-0.1, -0.05) is 146 Å². The summed E-state index contributed by atoms with van der Waals surface area (Å²) in [4.78, 5) is 0. The molecule has 0 spiro atoms. The zero-order chi connectivity index (χ0) is 27.6. The molecule has 0 aromatic heterocycles. The third kappa shape index (κ3) is 5.47. The van der Waals surface area contributed by atoms with Gasteiger partial charge in [-0.05, 0) is 83.1 Å². The number of hydrogen-bond donors (Lipinski definition) is 0. The normalized spacial score (nSPS) is 25.1. The molecular weight excluding hydrogens is 468 g/mol. The minimum absolute atomic E-state index is 0.112. The average molecular weight is 523 g/mol. The van der Waals surface area contributed by atoms with Crippen molar-refractivity contribution in [1.82, 2.24) is 0 Å². The molecule has 0 bridgehead atoms. The van der Waals surface area contributed by atoms with E-state index in [-0.39, 0.29) is 5.41 Å². The van der Waals surface area contributed by atoms with Gasteiger partial charge in [0.2, 0.25) is 0 Å². The van der Waals surface area contributed by atoms with E-state index in [0.29, 0.717) is 23.7 Å². The molecule has 0 heterocycles. The van der Waals surface area contributed by atoms with Gasteiger partial charge in [0.15, 0.2) is 0 Å². The van der Waals surface area contributed by atoms with E-state index < -0.39 is 0 Å². The molecule has 0 amide bonds. The SMILES string of the molecule is CC(C)c1cc(C(C)C)c(C2(c3ccccc3)C=CC=C(C3CCCCC3)C2C2CCCCC2)c(C(C)C)c1. The van der Waals surface area contributed by atoms with Gasteiger partial charge in [-0.2, -0.15) is 0 Å². The summed E-state index contributed by atoms with van der Waals surface area (Å²) in [6, 6.07) is 17.0. The van der Waals surface area contributed by atoms with Crippen LogP contribution in [0, 0.1) is 17.8 Å². The molecule has 0 saturated heterocycles. The lowest BCUT2D eigenvalue weighted by atomic mass is 9.52. The second-order valence-corrected chi connectivity index (χ2v) is 14.0. The van der Waals surface area contributed by atoms with Gasteiger partial charge < -0.3 is 0 Å². The lowest BCUT2D eigenvalue weighted by molar-refractivity contribution is 0.201. The van der Waals surface area contributed by atoms with Crippen molar-refractivity contribution in [1.29, 1.82) is 0 Å². The zero-order valence-corrected chi connectivity index (χ0v) is 25.8. The second-order valence-electron chi connectivity index (χ2n) is 14.0. The molecule has 2 aromatic rings. The Labute approximate surface area is 240 Å². The molecule has 2 unspecified atom stereocenters. The number of allylic oxidation sites excluding steroid dienone is 4. The first-order valence-corrected chi connectivity index (χ1v) is 16.5. The highest BCUT2D eigenvalue weighted by Crippen LogP contribution is 2.57. The van der Waals surface area contributed by atoms with E-state index in [1.54, 1.807) is 22.3 Å². The van der Waals surface area contributed by atoms with Crippen molar-refractivity contribution in [3.05, 3.63) is 94.1 Å². The minimum Gasteiger partial charge on any atom is -0.0690 e. The van der Waals surface area contributed by atoms with Crippen molar-refractivity contribution in [2.75, 3.05) is 0 Å². The Balaban J connectivity index is 1.85. The summed E-state index contributed by atoms with van der Waals surface area (Å²) in [5.41, 5.74) is 9.53. The summed E-state index contributed by atoms with van der Waals surface area (Å²) < 4.78 is 0. The molecular formula is C39H54. The molecule has 3 aliphatic carbocycles. The Morgan fingerprint density at radius 1 is 0.667 bits per heavy atom. The van der Waals surface area contributed by atoms with Crippen molar-refractivity contribution in [2.24, 2.45) is 17.8 Å². The van der Waals surface area contributed by atoms with Crippen LogP contribution in [0.15, 0.2) is 66.3 Å². The average Bonchev–Trinajstić information content (AvgIpc) is 2.97. The maximum Gasteiger partial charge on any atom is 0.0458 e. The van der Waals surface area contributed by atoms with Crippen LogP contribution in [0.25, 0.3) is 0 Å². The van der Waals surface area contributed by atoms with Gasteiger partial charge in [-0.3, -0.25) is 0 Å². The zero-order valence-electron chi connectivity index (χ0n) is 25.8. The first-order chi connectivity index (χ1) is 18.8. The van der Waals surface area contributed by atoms with Crippen LogP contribution in [0.3, 0.4) is 0 Å². The number of benzene rings is 2. The van der Waals surface area contributed by atoms with Gasteiger partial charge >= 0.3 is 0 Å². The fourth-order valence-electron chi connectivity index (χ4n) is 8.52. The lowest BCUT2D eigenvalue weighted by Gasteiger charge is -2.51. The van der Waals surface area contributed by atoms with Gasteiger partial charge in [-0.15, -0.1) is 0 Å². The summed E-state index contributed by atoms with van der Waals surface area (Å²) in [7, 11) is 0. The summed E-state index contributed by atoms with van der Waals surface area (Å²) in [6.45, 7) is 14.5. The topological polar surface area (TPSA) is 0 Å². The van der Waals surface area contributed by atoms with Crippen LogP contribution < -0.4 is 0 Å². The Bertz CT molecular complexity index is 1120. The number of rotatable bonds is 7. The van der Waals surface area contributed by atoms with E-state index in [1.807, 2.05) is 0 Å². The molecule has 3 aliphatic rings. The highest BCUT2D eigenvalue weighted by molar-refractivity contribution is 5.59. The summed E-state index contributed by atoms with van der Waals surface area (Å²) >= 11 is 0. The van der Waals surface area contributed by atoms with Crippen molar-refractivity contribution >= 4 is 0 Å². The summed E-state index contributed by atoms with van der Waals surface area (Å²) in [5.74, 6) is 3.56. The molecule has 2 fully saturated rings. The molecule has 0 heteroatoms. The molecule has 0 aliphatic heterocycles. The highest BCUT2D eigenvalue weighted by atomic mass is 14.5. The smallest absolute Gasteiger partial charge is 0.0458 e. The third-order valence-electron chi connectivity index (χ3n) is 10.5. The predicted octanol–water partition coefficient (Wildman–Crippen LogP) is 11.6. The van der Waals surface area contributed by atoms with Crippen molar-refractivity contribution in [2.45, 2.75) is 129 Å². The van der Waals surface area contributed by atoms with Crippen LogP contribution in [0.2, 0.25) is 0 Å². The van der Waals surface area contributed by atoms with Crippen LogP contribution in [0.4, 0.5) is 0 Å². The summed E-state index contributed by atoms with van der Waals surface area (Å²) in [6.07, 6.45) is 21.7. The Morgan fingerprint density at radius 2 is 1.23 bits per heavy atom. The van der Waals surface area contributed by atoms with Crippen LogP contribution in [-0.4, -0.2) is 0 Å². The first-order valence-electron chi connectivity index (χ1n) is 16.5. The number of hydrogen-bond acceptors (Lipinski definition) is 0. The van der Waals surface area contributed by atoms with Crippen LogP contribution >= 0.6 is 0 Å². The molecule has 0 nitrogen and oxygen atoms in total.